The summed E-state index contributed by atoms with van der Waals surface area (Å²) >= 11 is 7.42. The highest BCUT2D eigenvalue weighted by atomic mass is 35.5. The van der Waals surface area contributed by atoms with Gasteiger partial charge < -0.3 is 10.6 Å². The van der Waals surface area contributed by atoms with Gasteiger partial charge in [-0.05, 0) is 48.7 Å². The maximum atomic E-state index is 12.7. The lowest BCUT2D eigenvalue weighted by molar-refractivity contribution is -0.123. The molecule has 0 fully saturated rings. The molecule has 0 aliphatic carbocycles. The predicted molar refractivity (Wildman–Crippen MR) is 114 cm³/mol. The lowest BCUT2D eigenvalue weighted by Crippen LogP contribution is -2.47. The van der Waals surface area contributed by atoms with Gasteiger partial charge in [-0.25, -0.2) is 4.98 Å². The second-order valence-corrected chi connectivity index (χ2v) is 8.51. The molecule has 1 atom stereocenters. The molecule has 3 rings (SSSR count). The van der Waals surface area contributed by atoms with Crippen molar-refractivity contribution in [1.29, 1.82) is 0 Å². The molecule has 0 radical (unpaired) electrons. The summed E-state index contributed by atoms with van der Waals surface area (Å²) in [5.74, 6) is -0.253. The summed E-state index contributed by atoms with van der Waals surface area (Å²) in [6, 6.07) is 13.8. The first kappa shape index (κ1) is 20.3. The molecule has 28 heavy (non-hydrogen) atoms. The van der Waals surface area contributed by atoms with E-state index in [9.17, 15) is 9.59 Å². The largest absolute Gasteiger partial charge is 0.348 e. The first-order valence-electron chi connectivity index (χ1n) is 9.11. The number of amides is 2. The third kappa shape index (κ3) is 5.30. The molecule has 7 heteroatoms. The third-order valence-corrected chi connectivity index (χ3v) is 5.48. The molecule has 1 aromatic heterocycles. The average molecular weight is 416 g/mol. The van der Waals surface area contributed by atoms with Crippen molar-refractivity contribution in [3.05, 3.63) is 64.1 Å². The number of benzene rings is 2. The number of carbonyl (C=O) groups excluding carboxylic acids is 2. The fourth-order valence-corrected chi connectivity index (χ4v) is 3.86. The van der Waals surface area contributed by atoms with Crippen LogP contribution in [-0.2, 0) is 11.3 Å². The molecule has 0 spiro atoms. The molecule has 1 unspecified atom stereocenters. The highest BCUT2D eigenvalue weighted by molar-refractivity contribution is 7.18. The number of thiazole rings is 1. The number of fused-ring (bicyclic) bond motifs is 1. The van der Waals surface area contributed by atoms with Crippen LogP contribution in [0.15, 0.2) is 48.5 Å². The van der Waals surface area contributed by atoms with E-state index in [-0.39, 0.29) is 17.7 Å². The fraction of sp³-hybridized carbons (Fsp3) is 0.286. The molecule has 2 amide bonds. The molecule has 0 aliphatic heterocycles. The molecule has 2 N–H and O–H groups in total. The van der Waals surface area contributed by atoms with E-state index in [0.717, 1.165) is 15.2 Å². The van der Waals surface area contributed by atoms with Gasteiger partial charge in [0.05, 0.1) is 16.8 Å². The number of carbonyl (C=O) groups is 2. The minimum atomic E-state index is -0.613. The summed E-state index contributed by atoms with van der Waals surface area (Å²) in [5.41, 5.74) is 1.39. The Morgan fingerprint density at radius 3 is 2.50 bits per heavy atom. The molecule has 1 heterocycles. The predicted octanol–water partition coefficient (Wildman–Crippen LogP) is 4.41. The SMILES string of the molecule is CC(C)CC(NC(=O)c1ccc(Cl)cc1)C(=O)NCc1nc2ccccc2s1. The van der Waals surface area contributed by atoms with E-state index in [1.54, 1.807) is 35.6 Å². The van der Waals surface area contributed by atoms with Crippen LogP contribution in [-0.4, -0.2) is 22.8 Å². The monoisotopic (exact) mass is 415 g/mol. The lowest BCUT2D eigenvalue weighted by atomic mass is 10.0. The van der Waals surface area contributed by atoms with Crippen molar-refractivity contribution < 1.29 is 9.59 Å². The molecule has 0 bridgehead atoms. The van der Waals surface area contributed by atoms with Gasteiger partial charge in [-0.3, -0.25) is 9.59 Å². The van der Waals surface area contributed by atoms with Crippen LogP contribution < -0.4 is 10.6 Å². The van der Waals surface area contributed by atoms with Crippen LogP contribution in [0.1, 0.15) is 35.6 Å². The van der Waals surface area contributed by atoms with Crippen molar-refractivity contribution in [2.75, 3.05) is 0 Å². The maximum absolute atomic E-state index is 12.7. The normalized spacial score (nSPS) is 12.1. The summed E-state index contributed by atoms with van der Waals surface area (Å²) in [6.45, 7) is 4.37. The van der Waals surface area contributed by atoms with Crippen LogP contribution in [0.2, 0.25) is 5.02 Å². The molecule has 0 aliphatic rings. The summed E-state index contributed by atoms with van der Waals surface area (Å²) in [7, 11) is 0. The highest BCUT2D eigenvalue weighted by Gasteiger charge is 2.22. The van der Waals surface area contributed by atoms with E-state index in [1.165, 1.54) is 0 Å². The Labute approximate surface area is 173 Å². The Morgan fingerprint density at radius 2 is 1.82 bits per heavy atom. The van der Waals surface area contributed by atoms with Crippen molar-refractivity contribution in [3.63, 3.8) is 0 Å². The number of nitrogens with one attached hydrogen (secondary N) is 2. The Kier molecular flexibility index (Phi) is 6.65. The molecule has 5 nitrogen and oxygen atoms in total. The van der Waals surface area contributed by atoms with Gasteiger partial charge in [0, 0.05) is 10.6 Å². The first-order chi connectivity index (χ1) is 13.4. The number of aromatic nitrogens is 1. The smallest absolute Gasteiger partial charge is 0.251 e. The van der Waals surface area contributed by atoms with E-state index in [0.29, 0.717) is 23.6 Å². The van der Waals surface area contributed by atoms with Gasteiger partial charge >= 0.3 is 0 Å². The Bertz CT molecular complexity index is 936. The van der Waals surface area contributed by atoms with Crippen LogP contribution >= 0.6 is 22.9 Å². The number of hydrogen-bond acceptors (Lipinski definition) is 4. The standard InChI is InChI=1S/C21H22ClN3O2S/c1-13(2)11-17(25-20(26)14-7-9-15(22)10-8-14)21(27)23-12-19-24-16-5-3-4-6-18(16)28-19/h3-10,13,17H,11-12H2,1-2H3,(H,23,27)(H,25,26). The minimum absolute atomic E-state index is 0.213. The Morgan fingerprint density at radius 1 is 1.11 bits per heavy atom. The Balaban J connectivity index is 1.65. The average Bonchev–Trinajstić information content (AvgIpc) is 3.08. The van der Waals surface area contributed by atoms with Crippen LogP contribution in [0.4, 0.5) is 0 Å². The highest BCUT2D eigenvalue weighted by Crippen LogP contribution is 2.21. The van der Waals surface area contributed by atoms with Crippen molar-refractivity contribution in [3.8, 4) is 0 Å². The molecular formula is C21H22ClN3O2S. The zero-order chi connectivity index (χ0) is 20.1. The Hall–Kier alpha value is -2.44. The molecule has 0 saturated heterocycles. The summed E-state index contributed by atoms with van der Waals surface area (Å²) < 4.78 is 1.08. The maximum Gasteiger partial charge on any atom is 0.251 e. The fourth-order valence-electron chi connectivity index (χ4n) is 2.83. The molecular weight excluding hydrogens is 394 g/mol. The molecule has 146 valence electrons. The number of nitrogens with zero attached hydrogens (tertiary/aromatic N) is 1. The van der Waals surface area contributed by atoms with E-state index >= 15 is 0 Å². The number of para-hydroxylation sites is 1. The van der Waals surface area contributed by atoms with Crippen molar-refractivity contribution in [2.45, 2.75) is 32.9 Å². The van der Waals surface area contributed by atoms with E-state index in [4.69, 9.17) is 11.6 Å². The van der Waals surface area contributed by atoms with Gasteiger partial charge in [-0.1, -0.05) is 37.6 Å². The third-order valence-electron chi connectivity index (χ3n) is 4.19. The van der Waals surface area contributed by atoms with Gasteiger partial charge in [0.25, 0.3) is 5.91 Å². The summed E-state index contributed by atoms with van der Waals surface area (Å²) in [4.78, 5) is 29.7. The van der Waals surface area contributed by atoms with Gasteiger partial charge in [-0.2, -0.15) is 0 Å². The molecule has 0 saturated carbocycles. The van der Waals surface area contributed by atoms with Gasteiger partial charge in [0.2, 0.25) is 5.91 Å². The van der Waals surface area contributed by atoms with Crippen molar-refractivity contribution in [1.82, 2.24) is 15.6 Å². The lowest BCUT2D eigenvalue weighted by Gasteiger charge is -2.20. The second-order valence-electron chi connectivity index (χ2n) is 6.96. The van der Waals surface area contributed by atoms with Gasteiger partial charge in [-0.15, -0.1) is 11.3 Å². The minimum Gasteiger partial charge on any atom is -0.348 e. The molecule has 3 aromatic rings. The van der Waals surface area contributed by atoms with E-state index in [1.807, 2.05) is 38.1 Å². The van der Waals surface area contributed by atoms with Gasteiger partial charge in [0.15, 0.2) is 0 Å². The zero-order valence-corrected chi connectivity index (χ0v) is 17.3. The number of hydrogen-bond donors (Lipinski definition) is 2. The molecule has 2 aromatic carbocycles. The van der Waals surface area contributed by atoms with Crippen LogP contribution in [0.5, 0.6) is 0 Å². The van der Waals surface area contributed by atoms with Crippen LogP contribution in [0, 0.1) is 5.92 Å². The topological polar surface area (TPSA) is 71.1 Å². The summed E-state index contributed by atoms with van der Waals surface area (Å²) in [6.07, 6.45) is 0.547. The summed E-state index contributed by atoms with van der Waals surface area (Å²) in [5, 5.41) is 7.13. The number of rotatable bonds is 7. The number of halogens is 1. The van der Waals surface area contributed by atoms with Crippen LogP contribution in [0.25, 0.3) is 10.2 Å². The first-order valence-corrected chi connectivity index (χ1v) is 10.3. The van der Waals surface area contributed by atoms with Gasteiger partial charge in [0.1, 0.15) is 11.0 Å². The van der Waals surface area contributed by atoms with E-state index < -0.39 is 6.04 Å². The second kappa shape index (κ2) is 9.17. The van der Waals surface area contributed by atoms with Crippen molar-refractivity contribution in [2.24, 2.45) is 5.92 Å². The zero-order valence-electron chi connectivity index (χ0n) is 15.7. The van der Waals surface area contributed by atoms with Crippen molar-refractivity contribution >= 4 is 45.0 Å². The van der Waals surface area contributed by atoms with E-state index in [2.05, 4.69) is 15.6 Å². The quantitative estimate of drug-likeness (QED) is 0.600. The van der Waals surface area contributed by atoms with Crippen LogP contribution in [0.3, 0.4) is 0 Å².